The number of aryl methyl sites for hydroxylation is 1. The summed E-state index contributed by atoms with van der Waals surface area (Å²) in [4.78, 5) is 39.9. The van der Waals surface area contributed by atoms with Gasteiger partial charge in [-0.25, -0.2) is 9.78 Å². The largest absolute Gasteiger partial charge is 0.465 e. The van der Waals surface area contributed by atoms with Gasteiger partial charge in [-0.15, -0.1) is 0 Å². The predicted octanol–water partition coefficient (Wildman–Crippen LogP) is 1.21. The second-order valence-electron chi connectivity index (χ2n) is 9.73. The maximum atomic E-state index is 12.9. The predicted molar refractivity (Wildman–Crippen MR) is 144 cm³/mol. The van der Waals surface area contributed by atoms with E-state index in [4.69, 9.17) is 9.72 Å². The van der Waals surface area contributed by atoms with Crippen molar-refractivity contribution in [3.8, 4) is 0 Å². The summed E-state index contributed by atoms with van der Waals surface area (Å²) in [7, 11) is -1.24. The standard InChI is InChI=1S/C25H35N7O5S/c1-5-37-24(33)21(29-38(35,36)30(3)4)16-32-15-17(2)23(28-25(32)34)31-12-10-18(11-13-31)14-22-26-19-8-6-7-9-20(19)27-22/h6-9,15,18,21,29H,5,10-14,16H2,1-4H3,(H,26,27)/t21-/m0/s1. The number of nitrogens with zero attached hydrogens (tertiary/aromatic N) is 5. The van der Waals surface area contributed by atoms with E-state index < -0.39 is 27.9 Å². The highest BCUT2D eigenvalue weighted by molar-refractivity contribution is 7.87. The molecule has 38 heavy (non-hydrogen) atoms. The lowest BCUT2D eigenvalue weighted by atomic mass is 9.93. The van der Waals surface area contributed by atoms with Crippen LogP contribution in [0.15, 0.2) is 35.3 Å². The first-order chi connectivity index (χ1) is 18.1. The maximum absolute atomic E-state index is 12.9. The average Bonchev–Trinajstić information content (AvgIpc) is 3.28. The number of nitrogens with one attached hydrogen (secondary N) is 2. The van der Waals surface area contributed by atoms with E-state index in [0.29, 0.717) is 11.7 Å². The van der Waals surface area contributed by atoms with Crippen LogP contribution in [-0.4, -0.2) is 78.0 Å². The minimum atomic E-state index is -3.93. The van der Waals surface area contributed by atoms with Gasteiger partial charge in [-0.2, -0.15) is 22.4 Å². The van der Waals surface area contributed by atoms with Crippen molar-refractivity contribution in [3.63, 3.8) is 0 Å². The van der Waals surface area contributed by atoms with E-state index in [2.05, 4.69) is 19.6 Å². The number of carbonyl (C=O) groups is 1. The molecule has 0 spiro atoms. The van der Waals surface area contributed by atoms with Gasteiger partial charge < -0.3 is 14.6 Å². The van der Waals surface area contributed by atoms with Crippen molar-refractivity contribution in [2.24, 2.45) is 5.92 Å². The van der Waals surface area contributed by atoms with Gasteiger partial charge in [0.2, 0.25) is 0 Å². The Morgan fingerprint density at radius 1 is 1.24 bits per heavy atom. The monoisotopic (exact) mass is 545 g/mol. The summed E-state index contributed by atoms with van der Waals surface area (Å²) in [5, 5.41) is 0. The molecule has 3 heterocycles. The number of fused-ring (bicyclic) bond motifs is 1. The number of ether oxygens (including phenoxy) is 1. The molecular weight excluding hydrogens is 510 g/mol. The highest BCUT2D eigenvalue weighted by atomic mass is 32.2. The van der Waals surface area contributed by atoms with Gasteiger partial charge in [0.25, 0.3) is 10.2 Å². The molecule has 13 heteroatoms. The lowest BCUT2D eigenvalue weighted by Gasteiger charge is -2.33. The lowest BCUT2D eigenvalue weighted by Crippen LogP contribution is -2.49. The summed E-state index contributed by atoms with van der Waals surface area (Å²) < 4.78 is 34.2. The molecule has 0 bridgehead atoms. The van der Waals surface area contributed by atoms with Crippen LogP contribution in [0.25, 0.3) is 11.0 Å². The molecule has 1 aliphatic heterocycles. The zero-order valence-corrected chi connectivity index (χ0v) is 23.0. The molecule has 0 unspecified atom stereocenters. The molecule has 2 aromatic heterocycles. The van der Waals surface area contributed by atoms with E-state index in [1.165, 1.54) is 18.7 Å². The van der Waals surface area contributed by atoms with Crippen LogP contribution in [-0.2, 0) is 32.7 Å². The van der Waals surface area contributed by atoms with Crippen LogP contribution in [0.1, 0.15) is 31.2 Å². The summed E-state index contributed by atoms with van der Waals surface area (Å²) in [5.41, 5.74) is 2.21. The fourth-order valence-electron chi connectivity index (χ4n) is 4.65. The number of aromatic amines is 1. The van der Waals surface area contributed by atoms with Gasteiger partial charge in [-0.1, -0.05) is 12.1 Å². The number of hydrogen-bond acceptors (Lipinski definition) is 8. The Labute approximate surface area is 222 Å². The minimum absolute atomic E-state index is 0.0798. The van der Waals surface area contributed by atoms with Crippen LogP contribution in [0.4, 0.5) is 5.82 Å². The second kappa shape index (κ2) is 11.6. The number of para-hydroxylation sites is 2. The van der Waals surface area contributed by atoms with Gasteiger partial charge in [0.05, 0.1) is 24.2 Å². The van der Waals surface area contributed by atoms with Crippen LogP contribution in [0.5, 0.6) is 0 Å². The Bertz CT molecular complexity index is 1410. The third-order valence-electron chi connectivity index (χ3n) is 6.71. The zero-order chi connectivity index (χ0) is 27.4. The van der Waals surface area contributed by atoms with E-state index in [1.54, 1.807) is 13.1 Å². The number of aromatic nitrogens is 4. The number of carbonyl (C=O) groups excluding carboxylic acids is 1. The molecule has 206 valence electrons. The van der Waals surface area contributed by atoms with Crippen LogP contribution in [0, 0.1) is 12.8 Å². The van der Waals surface area contributed by atoms with Gasteiger partial charge >= 0.3 is 11.7 Å². The Morgan fingerprint density at radius 2 is 1.95 bits per heavy atom. The smallest absolute Gasteiger partial charge is 0.349 e. The number of hydrogen-bond donors (Lipinski definition) is 2. The zero-order valence-electron chi connectivity index (χ0n) is 22.2. The minimum Gasteiger partial charge on any atom is -0.465 e. The Hall–Kier alpha value is -3.29. The van der Waals surface area contributed by atoms with Crippen molar-refractivity contribution in [1.82, 2.24) is 28.5 Å². The third-order valence-corrected chi connectivity index (χ3v) is 8.25. The molecule has 1 aromatic carbocycles. The van der Waals surface area contributed by atoms with Gasteiger partial charge in [0.15, 0.2) is 0 Å². The lowest BCUT2D eigenvalue weighted by molar-refractivity contribution is -0.145. The average molecular weight is 546 g/mol. The fourth-order valence-corrected chi connectivity index (χ4v) is 5.39. The van der Waals surface area contributed by atoms with Crippen LogP contribution >= 0.6 is 0 Å². The van der Waals surface area contributed by atoms with Gasteiger partial charge in [-0.3, -0.25) is 9.36 Å². The highest BCUT2D eigenvalue weighted by Gasteiger charge is 2.29. The topological polar surface area (TPSA) is 143 Å². The van der Waals surface area contributed by atoms with Crippen LogP contribution < -0.4 is 15.3 Å². The first-order valence-corrected chi connectivity index (χ1v) is 14.1. The van der Waals surface area contributed by atoms with E-state index >= 15 is 0 Å². The van der Waals surface area contributed by atoms with Crippen LogP contribution in [0.3, 0.4) is 0 Å². The van der Waals surface area contributed by atoms with Gasteiger partial charge in [0, 0.05) is 45.4 Å². The molecule has 0 radical (unpaired) electrons. The molecule has 3 aromatic rings. The normalized spacial score (nSPS) is 15.8. The van der Waals surface area contributed by atoms with Crippen molar-refractivity contribution < 1.29 is 17.9 Å². The fraction of sp³-hybridized carbons (Fsp3) is 0.520. The van der Waals surface area contributed by atoms with Gasteiger partial charge in [-0.05, 0) is 44.7 Å². The summed E-state index contributed by atoms with van der Waals surface area (Å²) in [5.74, 6) is 1.30. The molecule has 1 saturated heterocycles. The van der Waals surface area contributed by atoms with E-state index in [-0.39, 0.29) is 13.2 Å². The highest BCUT2D eigenvalue weighted by Crippen LogP contribution is 2.26. The first-order valence-electron chi connectivity index (χ1n) is 12.7. The summed E-state index contributed by atoms with van der Waals surface area (Å²) in [6.45, 7) is 4.84. The molecule has 2 N–H and O–H groups in total. The molecule has 1 fully saturated rings. The van der Waals surface area contributed by atoms with E-state index in [9.17, 15) is 18.0 Å². The summed E-state index contributed by atoms with van der Waals surface area (Å²) in [6.07, 6.45) is 4.37. The van der Waals surface area contributed by atoms with Crippen molar-refractivity contribution in [2.45, 2.75) is 45.7 Å². The van der Waals surface area contributed by atoms with E-state index in [1.807, 2.05) is 31.2 Å². The molecule has 0 saturated carbocycles. The molecule has 4 rings (SSSR count). The summed E-state index contributed by atoms with van der Waals surface area (Å²) in [6, 6.07) is 6.72. The first kappa shape index (κ1) is 27.7. The number of H-pyrrole nitrogens is 1. The molecule has 1 atom stereocenters. The molecule has 1 aliphatic rings. The molecule has 0 aliphatic carbocycles. The quantitative estimate of drug-likeness (QED) is 0.362. The maximum Gasteiger partial charge on any atom is 0.349 e. The van der Waals surface area contributed by atoms with Crippen molar-refractivity contribution in [2.75, 3.05) is 38.7 Å². The number of imidazole rings is 1. The number of anilines is 1. The van der Waals surface area contributed by atoms with E-state index in [0.717, 1.165) is 59.1 Å². The second-order valence-corrected chi connectivity index (χ2v) is 11.6. The van der Waals surface area contributed by atoms with Crippen molar-refractivity contribution in [3.05, 3.63) is 52.3 Å². The number of benzene rings is 1. The number of rotatable bonds is 10. The molecular formula is C25H35N7O5S. The third kappa shape index (κ3) is 6.40. The molecule has 0 amide bonds. The molecule has 12 nitrogen and oxygen atoms in total. The Morgan fingerprint density at radius 3 is 2.61 bits per heavy atom. The van der Waals surface area contributed by atoms with Crippen molar-refractivity contribution in [1.29, 1.82) is 0 Å². The van der Waals surface area contributed by atoms with Gasteiger partial charge in [0.1, 0.15) is 17.7 Å². The Kier molecular flexibility index (Phi) is 8.48. The Balaban J connectivity index is 1.43. The number of esters is 1. The SMILES string of the molecule is CCOC(=O)[C@H](Cn1cc(C)c(N2CCC(Cc3nc4ccccc4[nH]3)CC2)nc1=O)NS(=O)(=O)N(C)C. The van der Waals surface area contributed by atoms with Crippen LogP contribution in [0.2, 0.25) is 0 Å². The number of piperidine rings is 1. The summed E-state index contributed by atoms with van der Waals surface area (Å²) >= 11 is 0. The van der Waals surface area contributed by atoms with Crippen molar-refractivity contribution >= 4 is 33.0 Å².